The van der Waals surface area contributed by atoms with Gasteiger partial charge in [0, 0.05) is 24.4 Å². The highest BCUT2D eigenvalue weighted by Crippen LogP contribution is 2.17. The number of hydrogen-bond donors (Lipinski definition) is 1. The SMILES string of the molecule is C#CCC(NC(=O)c1ccc(Cn2cccn2)cc1)c1ccccc1. The number of rotatable bonds is 6. The molecule has 0 saturated carbocycles. The summed E-state index contributed by atoms with van der Waals surface area (Å²) in [4.78, 5) is 12.5. The number of carbonyl (C=O) groups excluding carboxylic acids is 1. The Morgan fingerprint density at radius 3 is 2.52 bits per heavy atom. The minimum absolute atomic E-state index is 0.130. The third-order valence-electron chi connectivity index (χ3n) is 3.95. The summed E-state index contributed by atoms with van der Waals surface area (Å²) in [6.45, 7) is 0.679. The van der Waals surface area contributed by atoms with Gasteiger partial charge in [0.25, 0.3) is 5.91 Å². The molecule has 25 heavy (non-hydrogen) atoms. The third-order valence-corrected chi connectivity index (χ3v) is 3.95. The van der Waals surface area contributed by atoms with Crippen LogP contribution < -0.4 is 5.32 Å². The van der Waals surface area contributed by atoms with Gasteiger partial charge in [-0.15, -0.1) is 12.3 Å². The number of terminal acetylenes is 1. The number of benzene rings is 2. The van der Waals surface area contributed by atoms with Crippen molar-refractivity contribution in [2.75, 3.05) is 0 Å². The molecule has 1 heterocycles. The highest BCUT2D eigenvalue weighted by Gasteiger charge is 2.14. The molecule has 0 aliphatic rings. The molecule has 0 aliphatic heterocycles. The lowest BCUT2D eigenvalue weighted by Crippen LogP contribution is -2.28. The standard InChI is InChI=1S/C21H19N3O/c1-2-7-20(18-8-4-3-5-9-18)23-21(25)19-12-10-17(11-13-19)16-24-15-6-14-22-24/h1,3-6,8-15,20H,7,16H2,(H,23,25). The van der Waals surface area contributed by atoms with E-state index in [1.54, 1.807) is 6.20 Å². The fourth-order valence-corrected chi connectivity index (χ4v) is 2.64. The van der Waals surface area contributed by atoms with E-state index in [1.165, 1.54) is 0 Å². The Kier molecular flexibility index (Phi) is 5.28. The van der Waals surface area contributed by atoms with Gasteiger partial charge >= 0.3 is 0 Å². The fraction of sp³-hybridized carbons (Fsp3) is 0.143. The molecule has 1 atom stereocenters. The van der Waals surface area contributed by atoms with E-state index < -0.39 is 0 Å². The monoisotopic (exact) mass is 329 g/mol. The van der Waals surface area contributed by atoms with Crippen molar-refractivity contribution in [2.45, 2.75) is 19.0 Å². The van der Waals surface area contributed by atoms with E-state index >= 15 is 0 Å². The van der Waals surface area contributed by atoms with Gasteiger partial charge in [0.1, 0.15) is 0 Å². The molecule has 1 aromatic heterocycles. The van der Waals surface area contributed by atoms with Crippen molar-refractivity contribution in [1.82, 2.24) is 15.1 Å². The maximum absolute atomic E-state index is 12.5. The van der Waals surface area contributed by atoms with Crippen LogP contribution in [0.15, 0.2) is 73.1 Å². The van der Waals surface area contributed by atoms with Crippen molar-refractivity contribution in [3.63, 3.8) is 0 Å². The zero-order chi connectivity index (χ0) is 17.5. The van der Waals surface area contributed by atoms with Gasteiger partial charge in [0.05, 0.1) is 12.6 Å². The topological polar surface area (TPSA) is 46.9 Å². The zero-order valence-corrected chi connectivity index (χ0v) is 13.8. The summed E-state index contributed by atoms with van der Waals surface area (Å²) in [7, 11) is 0. The second-order valence-corrected chi connectivity index (χ2v) is 5.75. The van der Waals surface area contributed by atoms with E-state index in [2.05, 4.69) is 16.3 Å². The normalized spacial score (nSPS) is 11.5. The van der Waals surface area contributed by atoms with Crippen LogP contribution in [-0.4, -0.2) is 15.7 Å². The summed E-state index contributed by atoms with van der Waals surface area (Å²) in [5.74, 6) is 2.50. The molecule has 0 bridgehead atoms. The minimum atomic E-state index is -0.192. The van der Waals surface area contributed by atoms with Gasteiger partial charge in [-0.05, 0) is 29.3 Å². The first-order valence-electron chi connectivity index (χ1n) is 8.12. The summed E-state index contributed by atoms with van der Waals surface area (Å²) < 4.78 is 1.84. The number of aromatic nitrogens is 2. The largest absolute Gasteiger partial charge is 0.344 e. The lowest BCUT2D eigenvalue weighted by atomic mass is 10.0. The van der Waals surface area contributed by atoms with E-state index in [9.17, 15) is 4.79 Å². The lowest BCUT2D eigenvalue weighted by molar-refractivity contribution is 0.0937. The van der Waals surface area contributed by atoms with Gasteiger partial charge in [-0.25, -0.2) is 0 Å². The zero-order valence-electron chi connectivity index (χ0n) is 13.8. The van der Waals surface area contributed by atoms with E-state index in [-0.39, 0.29) is 11.9 Å². The summed E-state index contributed by atoms with van der Waals surface area (Å²) in [6, 6.07) is 19.0. The van der Waals surface area contributed by atoms with Gasteiger partial charge in [-0.2, -0.15) is 5.10 Å². The molecular formula is C21H19N3O. The Bertz CT molecular complexity index is 846. The summed E-state index contributed by atoms with van der Waals surface area (Å²) in [5.41, 5.74) is 2.70. The maximum atomic E-state index is 12.5. The average molecular weight is 329 g/mol. The molecule has 0 fully saturated rings. The van der Waals surface area contributed by atoms with Gasteiger partial charge in [-0.1, -0.05) is 42.5 Å². The van der Waals surface area contributed by atoms with Crippen LogP contribution in [0.4, 0.5) is 0 Å². The maximum Gasteiger partial charge on any atom is 0.251 e. The molecule has 4 heteroatoms. The van der Waals surface area contributed by atoms with Crippen molar-refractivity contribution in [3.05, 3.63) is 89.7 Å². The van der Waals surface area contributed by atoms with Crippen LogP contribution in [0.25, 0.3) is 0 Å². The Labute approximate surface area is 147 Å². The predicted octanol–water partition coefficient (Wildman–Crippen LogP) is 3.43. The van der Waals surface area contributed by atoms with Crippen LogP contribution in [0.1, 0.15) is 33.9 Å². The highest BCUT2D eigenvalue weighted by atomic mass is 16.1. The van der Waals surface area contributed by atoms with Crippen molar-refractivity contribution in [3.8, 4) is 12.3 Å². The van der Waals surface area contributed by atoms with Crippen LogP contribution in [-0.2, 0) is 6.54 Å². The molecule has 0 radical (unpaired) electrons. The van der Waals surface area contributed by atoms with Crippen LogP contribution in [0.3, 0.4) is 0 Å². The summed E-state index contributed by atoms with van der Waals surface area (Å²) in [6.07, 6.45) is 9.56. The van der Waals surface area contributed by atoms with E-state index in [0.717, 1.165) is 11.1 Å². The van der Waals surface area contributed by atoms with E-state index in [0.29, 0.717) is 18.5 Å². The minimum Gasteiger partial charge on any atom is -0.344 e. The Hall–Kier alpha value is -3.32. The van der Waals surface area contributed by atoms with Crippen LogP contribution >= 0.6 is 0 Å². The first kappa shape index (κ1) is 16.5. The molecule has 1 unspecified atom stereocenters. The Morgan fingerprint density at radius 2 is 1.88 bits per heavy atom. The average Bonchev–Trinajstić information content (AvgIpc) is 3.15. The first-order valence-corrected chi connectivity index (χ1v) is 8.12. The van der Waals surface area contributed by atoms with Crippen molar-refractivity contribution in [1.29, 1.82) is 0 Å². The van der Waals surface area contributed by atoms with Crippen LogP contribution in [0.5, 0.6) is 0 Å². The van der Waals surface area contributed by atoms with Crippen molar-refractivity contribution in [2.24, 2.45) is 0 Å². The number of nitrogens with one attached hydrogen (secondary N) is 1. The van der Waals surface area contributed by atoms with Gasteiger partial charge < -0.3 is 5.32 Å². The molecule has 3 aromatic rings. The molecule has 0 aliphatic carbocycles. The van der Waals surface area contributed by atoms with Gasteiger partial charge in [0.15, 0.2) is 0 Å². The number of hydrogen-bond acceptors (Lipinski definition) is 2. The Balaban J connectivity index is 1.68. The summed E-state index contributed by atoms with van der Waals surface area (Å²) >= 11 is 0. The molecule has 0 spiro atoms. The second-order valence-electron chi connectivity index (χ2n) is 5.75. The van der Waals surface area contributed by atoms with Gasteiger partial charge in [0.2, 0.25) is 0 Å². The lowest BCUT2D eigenvalue weighted by Gasteiger charge is -2.17. The molecule has 0 saturated heterocycles. The predicted molar refractivity (Wildman–Crippen MR) is 97.9 cm³/mol. The van der Waals surface area contributed by atoms with Crippen LogP contribution in [0.2, 0.25) is 0 Å². The molecule has 1 amide bonds. The third kappa shape index (κ3) is 4.36. The van der Waals surface area contributed by atoms with Crippen LogP contribution in [0, 0.1) is 12.3 Å². The molecule has 124 valence electrons. The quantitative estimate of drug-likeness (QED) is 0.704. The summed E-state index contributed by atoms with van der Waals surface area (Å²) in [5, 5.41) is 7.20. The molecule has 1 N–H and O–H groups in total. The smallest absolute Gasteiger partial charge is 0.251 e. The first-order chi connectivity index (χ1) is 12.3. The fourth-order valence-electron chi connectivity index (χ4n) is 2.64. The highest BCUT2D eigenvalue weighted by molar-refractivity contribution is 5.94. The van der Waals surface area contributed by atoms with E-state index in [1.807, 2.05) is 71.5 Å². The molecule has 4 nitrogen and oxygen atoms in total. The number of nitrogens with zero attached hydrogens (tertiary/aromatic N) is 2. The van der Waals surface area contributed by atoms with Crippen molar-refractivity contribution < 1.29 is 4.79 Å². The molecule has 2 aromatic carbocycles. The Morgan fingerprint density at radius 1 is 1.12 bits per heavy atom. The van der Waals surface area contributed by atoms with E-state index in [4.69, 9.17) is 6.42 Å². The number of carbonyl (C=O) groups is 1. The van der Waals surface area contributed by atoms with Crippen molar-refractivity contribution >= 4 is 5.91 Å². The molecule has 3 rings (SSSR count). The number of amides is 1. The second kappa shape index (κ2) is 7.98. The molecular weight excluding hydrogens is 310 g/mol. The van der Waals surface area contributed by atoms with Gasteiger partial charge in [-0.3, -0.25) is 9.48 Å².